The van der Waals surface area contributed by atoms with Crippen molar-refractivity contribution in [2.45, 2.75) is 25.9 Å². The van der Waals surface area contributed by atoms with Crippen molar-refractivity contribution in [2.75, 3.05) is 13.3 Å². The highest BCUT2D eigenvalue weighted by atomic mass is 16.5. The Balaban J connectivity index is 2.06. The molecule has 1 aliphatic rings. The fourth-order valence-corrected chi connectivity index (χ4v) is 0.904. The fraction of sp³-hybridized carbons (Fsp3) is 1.00. The summed E-state index contributed by atoms with van der Waals surface area (Å²) in [6, 6.07) is 0. The molecule has 47 valence electrons. The topological polar surface area (TPSA) is 23.3 Å². The van der Waals surface area contributed by atoms with Gasteiger partial charge in [-0.2, -0.15) is 0 Å². The van der Waals surface area contributed by atoms with Crippen LogP contribution in [0.2, 0.25) is 0 Å². The first kappa shape index (κ1) is 6.05. The van der Waals surface area contributed by atoms with Gasteiger partial charge in [0, 0.05) is 6.54 Å². The first-order valence-corrected chi connectivity index (χ1v) is 3.18. The average molecular weight is 114 g/mol. The summed E-state index contributed by atoms with van der Waals surface area (Å²) in [6.45, 7) is 3.72. The standard InChI is InChI=1S/C6H12NO/c1-2-3-6-4-7-5-8-6/h6H,2-5H2,1H3. The molecule has 1 unspecified atom stereocenters. The van der Waals surface area contributed by atoms with E-state index in [1.54, 1.807) is 0 Å². The molecule has 0 aromatic carbocycles. The molecule has 2 heteroatoms. The summed E-state index contributed by atoms with van der Waals surface area (Å²) >= 11 is 0. The summed E-state index contributed by atoms with van der Waals surface area (Å²) < 4.78 is 5.23. The van der Waals surface area contributed by atoms with Crippen molar-refractivity contribution in [3.8, 4) is 0 Å². The Labute approximate surface area is 50.2 Å². The molecule has 0 aromatic heterocycles. The molecule has 1 fully saturated rings. The van der Waals surface area contributed by atoms with E-state index >= 15 is 0 Å². The van der Waals surface area contributed by atoms with Crippen LogP contribution in [0, 0.1) is 0 Å². The van der Waals surface area contributed by atoms with Gasteiger partial charge in [0.1, 0.15) is 6.73 Å². The van der Waals surface area contributed by atoms with Crippen LogP contribution >= 0.6 is 0 Å². The van der Waals surface area contributed by atoms with Crippen LogP contribution < -0.4 is 5.32 Å². The van der Waals surface area contributed by atoms with E-state index < -0.39 is 0 Å². The first-order chi connectivity index (χ1) is 3.93. The Morgan fingerprint density at radius 2 is 2.62 bits per heavy atom. The molecule has 1 heterocycles. The maximum Gasteiger partial charge on any atom is 0.113 e. The zero-order chi connectivity index (χ0) is 5.82. The third-order valence-electron chi connectivity index (χ3n) is 1.34. The number of ether oxygens (including phenoxy) is 1. The smallest absolute Gasteiger partial charge is 0.113 e. The van der Waals surface area contributed by atoms with Crippen LogP contribution in [0.5, 0.6) is 0 Å². The van der Waals surface area contributed by atoms with E-state index in [9.17, 15) is 0 Å². The second-order valence-electron chi connectivity index (χ2n) is 2.11. The Morgan fingerprint density at radius 3 is 3.12 bits per heavy atom. The summed E-state index contributed by atoms with van der Waals surface area (Å²) in [4.78, 5) is 0. The number of rotatable bonds is 2. The molecular weight excluding hydrogens is 102 g/mol. The van der Waals surface area contributed by atoms with E-state index in [-0.39, 0.29) is 0 Å². The molecule has 1 saturated heterocycles. The maximum absolute atomic E-state index is 5.23. The second-order valence-corrected chi connectivity index (χ2v) is 2.11. The lowest BCUT2D eigenvalue weighted by Crippen LogP contribution is -2.09. The van der Waals surface area contributed by atoms with Crippen LogP contribution in [-0.2, 0) is 4.74 Å². The largest absolute Gasteiger partial charge is 0.360 e. The van der Waals surface area contributed by atoms with Crippen LogP contribution in [0.1, 0.15) is 19.8 Å². The van der Waals surface area contributed by atoms with E-state index in [0.29, 0.717) is 12.8 Å². The Kier molecular flexibility index (Phi) is 2.30. The lowest BCUT2D eigenvalue weighted by atomic mass is 10.2. The van der Waals surface area contributed by atoms with E-state index in [1.807, 2.05) is 0 Å². The monoisotopic (exact) mass is 114 g/mol. The average Bonchev–Trinajstić information content (AvgIpc) is 2.19. The number of nitrogens with zero attached hydrogens (tertiary/aromatic N) is 1. The Hall–Kier alpha value is -0.0800. The van der Waals surface area contributed by atoms with Crippen molar-refractivity contribution >= 4 is 0 Å². The molecule has 1 rings (SSSR count). The minimum Gasteiger partial charge on any atom is -0.360 e. The van der Waals surface area contributed by atoms with E-state index in [2.05, 4.69) is 12.2 Å². The highest BCUT2D eigenvalue weighted by molar-refractivity contribution is 4.63. The molecule has 0 aromatic rings. The molecule has 0 aliphatic carbocycles. The Bertz CT molecular complexity index is 59.5. The molecular formula is C6H12NO. The third kappa shape index (κ3) is 1.46. The summed E-state index contributed by atoms with van der Waals surface area (Å²) in [5, 5.41) is 4.06. The highest BCUT2D eigenvalue weighted by Gasteiger charge is 2.13. The van der Waals surface area contributed by atoms with Gasteiger partial charge in [-0.15, -0.1) is 0 Å². The van der Waals surface area contributed by atoms with Crippen LogP contribution in [-0.4, -0.2) is 19.4 Å². The lowest BCUT2D eigenvalue weighted by molar-refractivity contribution is 0.106. The molecule has 1 radical (unpaired) electrons. The SMILES string of the molecule is CCCC1C[N]CO1. The maximum atomic E-state index is 5.23. The minimum atomic E-state index is 0.444. The van der Waals surface area contributed by atoms with E-state index in [4.69, 9.17) is 4.74 Å². The van der Waals surface area contributed by atoms with Crippen molar-refractivity contribution in [2.24, 2.45) is 0 Å². The van der Waals surface area contributed by atoms with E-state index in [0.717, 1.165) is 6.54 Å². The van der Waals surface area contributed by atoms with Gasteiger partial charge in [0.2, 0.25) is 0 Å². The van der Waals surface area contributed by atoms with Gasteiger partial charge in [-0.05, 0) is 6.42 Å². The van der Waals surface area contributed by atoms with Gasteiger partial charge in [-0.25, -0.2) is 5.32 Å². The fourth-order valence-electron chi connectivity index (χ4n) is 0.904. The first-order valence-electron chi connectivity index (χ1n) is 3.18. The van der Waals surface area contributed by atoms with Crippen molar-refractivity contribution in [3.63, 3.8) is 0 Å². The zero-order valence-electron chi connectivity index (χ0n) is 5.26. The van der Waals surface area contributed by atoms with Crippen molar-refractivity contribution in [1.29, 1.82) is 0 Å². The molecule has 2 nitrogen and oxygen atoms in total. The predicted octanol–water partition coefficient (Wildman–Crippen LogP) is 0.747. The summed E-state index contributed by atoms with van der Waals surface area (Å²) in [5.41, 5.74) is 0. The number of hydrogen-bond donors (Lipinski definition) is 0. The molecule has 0 saturated carbocycles. The van der Waals surface area contributed by atoms with Gasteiger partial charge in [0.05, 0.1) is 6.10 Å². The van der Waals surface area contributed by atoms with Crippen LogP contribution in [0.3, 0.4) is 0 Å². The summed E-state index contributed by atoms with van der Waals surface area (Å²) in [7, 11) is 0. The molecule has 8 heavy (non-hydrogen) atoms. The van der Waals surface area contributed by atoms with Gasteiger partial charge in [-0.1, -0.05) is 13.3 Å². The van der Waals surface area contributed by atoms with Gasteiger partial charge in [0.15, 0.2) is 0 Å². The van der Waals surface area contributed by atoms with Crippen molar-refractivity contribution in [3.05, 3.63) is 0 Å². The molecule has 0 bridgehead atoms. The third-order valence-corrected chi connectivity index (χ3v) is 1.34. The number of hydrogen-bond acceptors (Lipinski definition) is 1. The van der Waals surface area contributed by atoms with Crippen molar-refractivity contribution in [1.82, 2.24) is 5.32 Å². The van der Waals surface area contributed by atoms with Crippen LogP contribution in [0.4, 0.5) is 0 Å². The molecule has 0 amide bonds. The molecule has 0 spiro atoms. The van der Waals surface area contributed by atoms with Gasteiger partial charge >= 0.3 is 0 Å². The van der Waals surface area contributed by atoms with Crippen molar-refractivity contribution < 1.29 is 4.74 Å². The quantitative estimate of drug-likeness (QED) is 0.519. The van der Waals surface area contributed by atoms with Crippen LogP contribution in [0.15, 0.2) is 0 Å². The van der Waals surface area contributed by atoms with Crippen LogP contribution in [0.25, 0.3) is 0 Å². The molecule has 1 atom stereocenters. The lowest BCUT2D eigenvalue weighted by Gasteiger charge is -2.02. The second kappa shape index (κ2) is 3.05. The summed E-state index contributed by atoms with van der Waals surface area (Å²) in [6.07, 6.45) is 2.82. The zero-order valence-corrected chi connectivity index (χ0v) is 5.26. The predicted molar refractivity (Wildman–Crippen MR) is 31.6 cm³/mol. The van der Waals surface area contributed by atoms with Gasteiger partial charge < -0.3 is 4.74 Å². The minimum absolute atomic E-state index is 0.444. The van der Waals surface area contributed by atoms with Gasteiger partial charge in [-0.3, -0.25) is 0 Å². The highest BCUT2D eigenvalue weighted by Crippen LogP contribution is 2.04. The van der Waals surface area contributed by atoms with Gasteiger partial charge in [0.25, 0.3) is 0 Å². The summed E-state index contributed by atoms with van der Waals surface area (Å²) in [5.74, 6) is 0. The molecule has 0 N–H and O–H groups in total. The van der Waals surface area contributed by atoms with E-state index in [1.165, 1.54) is 12.8 Å². The molecule has 1 aliphatic heterocycles. The Morgan fingerprint density at radius 1 is 1.75 bits per heavy atom. The normalized spacial score (nSPS) is 28.9.